The van der Waals surface area contributed by atoms with Crippen LogP contribution in [0.1, 0.15) is 40.2 Å². The second-order valence-corrected chi connectivity index (χ2v) is 6.16. The summed E-state index contributed by atoms with van der Waals surface area (Å²) in [5.41, 5.74) is 1.75. The van der Waals surface area contributed by atoms with Gasteiger partial charge in [0.15, 0.2) is 0 Å². The van der Waals surface area contributed by atoms with Gasteiger partial charge in [-0.25, -0.2) is 0 Å². The van der Waals surface area contributed by atoms with Gasteiger partial charge in [0.25, 0.3) is 0 Å². The molecule has 0 saturated carbocycles. The molecule has 0 saturated heterocycles. The number of ether oxygens (including phenoxy) is 1. The Balaban J connectivity index is 2.61. The van der Waals surface area contributed by atoms with Gasteiger partial charge in [-0.1, -0.05) is 52.8 Å². The standard InChI is InChI=1S/C15H22O/c1-11(2)15(14(3,4)5)10-16-13-9-7-6-8-12(13)15/h6-9,11H,10H2,1-5H3. The van der Waals surface area contributed by atoms with Gasteiger partial charge in [-0.05, 0) is 17.4 Å². The maximum absolute atomic E-state index is 5.90. The normalized spacial score (nSPS) is 24.4. The van der Waals surface area contributed by atoms with Gasteiger partial charge < -0.3 is 4.74 Å². The highest BCUT2D eigenvalue weighted by Gasteiger charge is 2.51. The van der Waals surface area contributed by atoms with Gasteiger partial charge in [-0.15, -0.1) is 0 Å². The predicted molar refractivity (Wildman–Crippen MR) is 67.9 cm³/mol. The lowest BCUT2D eigenvalue weighted by molar-refractivity contribution is 0.0900. The van der Waals surface area contributed by atoms with E-state index in [-0.39, 0.29) is 10.8 Å². The van der Waals surface area contributed by atoms with Gasteiger partial charge in [-0.3, -0.25) is 0 Å². The first kappa shape index (κ1) is 11.5. The second-order valence-electron chi connectivity index (χ2n) is 6.16. The topological polar surface area (TPSA) is 9.23 Å². The monoisotopic (exact) mass is 218 g/mol. The molecule has 16 heavy (non-hydrogen) atoms. The minimum absolute atomic E-state index is 0.142. The fourth-order valence-corrected chi connectivity index (χ4v) is 3.19. The number of hydrogen-bond acceptors (Lipinski definition) is 1. The Labute approximate surface area is 98.8 Å². The number of benzene rings is 1. The molecule has 0 N–H and O–H groups in total. The fourth-order valence-electron chi connectivity index (χ4n) is 3.19. The molecule has 0 radical (unpaired) electrons. The molecule has 1 unspecified atom stereocenters. The molecule has 0 spiro atoms. The molecular formula is C15H22O. The van der Waals surface area contributed by atoms with Gasteiger partial charge in [0, 0.05) is 11.0 Å². The summed E-state index contributed by atoms with van der Waals surface area (Å²) in [5.74, 6) is 1.65. The van der Waals surface area contributed by atoms with Gasteiger partial charge >= 0.3 is 0 Å². The van der Waals surface area contributed by atoms with E-state index in [1.807, 2.05) is 0 Å². The molecule has 1 aromatic carbocycles. The zero-order chi connectivity index (χ0) is 12.0. The van der Waals surface area contributed by atoms with Crippen molar-refractivity contribution in [3.05, 3.63) is 29.8 Å². The third kappa shape index (κ3) is 1.37. The Morgan fingerprint density at radius 2 is 1.81 bits per heavy atom. The van der Waals surface area contributed by atoms with E-state index in [1.54, 1.807) is 0 Å². The quantitative estimate of drug-likeness (QED) is 0.692. The minimum atomic E-state index is 0.142. The lowest BCUT2D eigenvalue weighted by Gasteiger charge is -2.44. The molecule has 0 amide bonds. The van der Waals surface area contributed by atoms with Crippen LogP contribution in [0.3, 0.4) is 0 Å². The molecule has 1 aliphatic heterocycles. The lowest BCUT2D eigenvalue weighted by Crippen LogP contribution is -2.46. The van der Waals surface area contributed by atoms with Crippen molar-refractivity contribution in [1.82, 2.24) is 0 Å². The molecule has 1 aromatic rings. The summed E-state index contributed by atoms with van der Waals surface area (Å²) in [4.78, 5) is 0. The van der Waals surface area contributed by atoms with Crippen LogP contribution in [0.25, 0.3) is 0 Å². The summed E-state index contributed by atoms with van der Waals surface area (Å²) in [5, 5.41) is 0. The first-order valence-electron chi connectivity index (χ1n) is 6.12. The molecular weight excluding hydrogens is 196 g/mol. The van der Waals surface area contributed by atoms with E-state index in [4.69, 9.17) is 4.74 Å². The fraction of sp³-hybridized carbons (Fsp3) is 0.600. The lowest BCUT2D eigenvalue weighted by atomic mass is 9.58. The van der Waals surface area contributed by atoms with Crippen molar-refractivity contribution in [2.24, 2.45) is 11.3 Å². The third-order valence-electron chi connectivity index (χ3n) is 4.15. The van der Waals surface area contributed by atoms with E-state index < -0.39 is 0 Å². The molecule has 2 rings (SSSR count). The van der Waals surface area contributed by atoms with Gasteiger partial charge in [0.05, 0.1) is 6.61 Å². The Morgan fingerprint density at radius 3 is 2.38 bits per heavy atom. The summed E-state index contributed by atoms with van der Waals surface area (Å²) in [7, 11) is 0. The maximum Gasteiger partial charge on any atom is 0.123 e. The van der Waals surface area contributed by atoms with Gasteiger partial charge in [-0.2, -0.15) is 0 Å². The van der Waals surface area contributed by atoms with Crippen molar-refractivity contribution in [1.29, 1.82) is 0 Å². The second kappa shape index (κ2) is 3.51. The summed E-state index contributed by atoms with van der Waals surface area (Å²) in [6, 6.07) is 8.49. The van der Waals surface area contributed by atoms with Crippen LogP contribution < -0.4 is 4.74 Å². The maximum atomic E-state index is 5.90. The zero-order valence-corrected chi connectivity index (χ0v) is 11.0. The third-order valence-corrected chi connectivity index (χ3v) is 4.15. The molecule has 1 aliphatic rings. The molecule has 1 atom stereocenters. The highest BCUT2D eigenvalue weighted by molar-refractivity contribution is 5.45. The Kier molecular flexibility index (Phi) is 2.52. The van der Waals surface area contributed by atoms with E-state index in [1.165, 1.54) is 5.56 Å². The summed E-state index contributed by atoms with van der Waals surface area (Å²) < 4.78 is 5.90. The number of fused-ring (bicyclic) bond motifs is 1. The van der Waals surface area contributed by atoms with E-state index in [0.29, 0.717) is 5.92 Å². The van der Waals surface area contributed by atoms with Crippen molar-refractivity contribution < 1.29 is 4.74 Å². The minimum Gasteiger partial charge on any atom is -0.492 e. The Morgan fingerprint density at radius 1 is 1.19 bits per heavy atom. The average Bonchev–Trinajstić information content (AvgIpc) is 2.56. The number of rotatable bonds is 1. The summed E-state index contributed by atoms with van der Waals surface area (Å²) >= 11 is 0. The first-order chi connectivity index (χ1) is 7.39. The SMILES string of the molecule is CC(C)C1(C(C)(C)C)COc2ccccc21. The zero-order valence-electron chi connectivity index (χ0n) is 11.0. The number of hydrogen-bond donors (Lipinski definition) is 0. The van der Waals surface area contributed by atoms with Crippen LogP contribution >= 0.6 is 0 Å². The predicted octanol–water partition coefficient (Wildman–Crippen LogP) is 4.02. The molecule has 1 heteroatoms. The van der Waals surface area contributed by atoms with Crippen molar-refractivity contribution in [2.75, 3.05) is 6.61 Å². The van der Waals surface area contributed by atoms with Crippen molar-refractivity contribution >= 4 is 0 Å². The summed E-state index contributed by atoms with van der Waals surface area (Å²) in [6.45, 7) is 12.4. The highest BCUT2D eigenvalue weighted by Crippen LogP contribution is 2.53. The largest absolute Gasteiger partial charge is 0.492 e. The first-order valence-corrected chi connectivity index (χ1v) is 6.12. The van der Waals surface area contributed by atoms with Gasteiger partial charge in [0.2, 0.25) is 0 Å². The van der Waals surface area contributed by atoms with Crippen molar-refractivity contribution in [2.45, 2.75) is 40.0 Å². The van der Waals surface area contributed by atoms with Crippen LogP contribution in [0.2, 0.25) is 0 Å². The van der Waals surface area contributed by atoms with Crippen LogP contribution in [0.4, 0.5) is 0 Å². The van der Waals surface area contributed by atoms with Crippen LogP contribution in [0, 0.1) is 11.3 Å². The van der Waals surface area contributed by atoms with E-state index in [2.05, 4.69) is 58.9 Å². The van der Waals surface area contributed by atoms with E-state index in [9.17, 15) is 0 Å². The number of para-hydroxylation sites is 1. The highest BCUT2D eigenvalue weighted by atomic mass is 16.5. The molecule has 1 heterocycles. The molecule has 0 aromatic heterocycles. The Hall–Kier alpha value is -0.980. The van der Waals surface area contributed by atoms with Crippen LogP contribution in [0.15, 0.2) is 24.3 Å². The molecule has 0 fully saturated rings. The summed E-state index contributed by atoms with van der Waals surface area (Å²) in [6.07, 6.45) is 0. The average molecular weight is 218 g/mol. The molecule has 1 nitrogen and oxygen atoms in total. The van der Waals surface area contributed by atoms with E-state index >= 15 is 0 Å². The smallest absolute Gasteiger partial charge is 0.123 e. The van der Waals surface area contributed by atoms with Crippen LogP contribution in [0.5, 0.6) is 5.75 Å². The van der Waals surface area contributed by atoms with Crippen LogP contribution in [-0.4, -0.2) is 6.61 Å². The van der Waals surface area contributed by atoms with Crippen molar-refractivity contribution in [3.63, 3.8) is 0 Å². The molecule has 0 bridgehead atoms. The van der Waals surface area contributed by atoms with Crippen molar-refractivity contribution in [3.8, 4) is 5.75 Å². The van der Waals surface area contributed by atoms with Crippen LogP contribution in [-0.2, 0) is 5.41 Å². The van der Waals surface area contributed by atoms with E-state index in [0.717, 1.165) is 12.4 Å². The molecule has 88 valence electrons. The molecule has 0 aliphatic carbocycles. The Bertz CT molecular complexity index is 387. The van der Waals surface area contributed by atoms with Gasteiger partial charge in [0.1, 0.15) is 5.75 Å².